The molecular formula is C13H19N3O2. The molecule has 0 bridgehead atoms. The molecule has 0 fully saturated rings. The van der Waals surface area contributed by atoms with Crippen LogP contribution in [0.3, 0.4) is 0 Å². The van der Waals surface area contributed by atoms with Gasteiger partial charge in [0, 0.05) is 12.7 Å². The van der Waals surface area contributed by atoms with E-state index in [1.807, 2.05) is 16.8 Å². The number of carbonyl (C=O) groups is 2. The molecule has 98 valence electrons. The van der Waals surface area contributed by atoms with E-state index >= 15 is 0 Å². The van der Waals surface area contributed by atoms with E-state index in [-0.39, 0.29) is 11.8 Å². The van der Waals surface area contributed by atoms with Gasteiger partial charge in [-0.2, -0.15) is 0 Å². The highest BCUT2D eigenvalue weighted by Gasteiger charge is 2.28. The van der Waals surface area contributed by atoms with Gasteiger partial charge >= 0.3 is 0 Å². The van der Waals surface area contributed by atoms with Crippen LogP contribution in [0.25, 0.3) is 0 Å². The Kier molecular flexibility index (Phi) is 3.69. The molecule has 1 aromatic rings. The number of hydrogen-bond acceptors (Lipinski definition) is 2. The minimum Gasteiger partial charge on any atom is -0.354 e. The summed E-state index contributed by atoms with van der Waals surface area (Å²) in [6.07, 6.45) is 2.77. The molecule has 1 aromatic heterocycles. The second-order valence-electron chi connectivity index (χ2n) is 5.05. The average molecular weight is 249 g/mol. The van der Waals surface area contributed by atoms with Crippen LogP contribution in [0.4, 0.5) is 0 Å². The predicted molar refractivity (Wildman–Crippen MR) is 68.2 cm³/mol. The van der Waals surface area contributed by atoms with E-state index in [0.29, 0.717) is 24.7 Å². The monoisotopic (exact) mass is 249 g/mol. The molecule has 5 heteroatoms. The van der Waals surface area contributed by atoms with E-state index in [1.165, 1.54) is 0 Å². The van der Waals surface area contributed by atoms with Crippen LogP contribution in [0.15, 0.2) is 18.3 Å². The fourth-order valence-electron chi connectivity index (χ4n) is 2.01. The zero-order valence-electron chi connectivity index (χ0n) is 10.8. The van der Waals surface area contributed by atoms with E-state index in [1.54, 1.807) is 6.07 Å². The Labute approximate surface area is 107 Å². The molecule has 1 aliphatic heterocycles. The van der Waals surface area contributed by atoms with Crippen LogP contribution in [0.2, 0.25) is 0 Å². The Balaban J connectivity index is 1.92. The van der Waals surface area contributed by atoms with Gasteiger partial charge in [0.2, 0.25) is 5.91 Å². The zero-order valence-corrected chi connectivity index (χ0v) is 10.8. The molecule has 5 nitrogen and oxygen atoms in total. The van der Waals surface area contributed by atoms with Gasteiger partial charge in [-0.15, -0.1) is 0 Å². The van der Waals surface area contributed by atoms with Gasteiger partial charge in [0.1, 0.15) is 11.7 Å². The number of fused-ring (bicyclic) bond motifs is 1. The van der Waals surface area contributed by atoms with Crippen LogP contribution in [0.1, 0.15) is 30.8 Å². The van der Waals surface area contributed by atoms with Gasteiger partial charge in [-0.25, -0.2) is 0 Å². The molecule has 0 spiro atoms. The third-order valence-corrected chi connectivity index (χ3v) is 3.08. The first-order valence-electron chi connectivity index (χ1n) is 6.31. The van der Waals surface area contributed by atoms with Crippen molar-refractivity contribution >= 4 is 11.8 Å². The maximum atomic E-state index is 11.9. The van der Waals surface area contributed by atoms with Gasteiger partial charge in [-0.1, -0.05) is 13.8 Å². The molecule has 2 amide bonds. The molecule has 18 heavy (non-hydrogen) atoms. The van der Waals surface area contributed by atoms with Crippen LogP contribution in [0.5, 0.6) is 0 Å². The first-order chi connectivity index (χ1) is 8.58. The highest BCUT2D eigenvalue weighted by molar-refractivity contribution is 5.97. The van der Waals surface area contributed by atoms with E-state index in [0.717, 1.165) is 6.42 Å². The minimum atomic E-state index is -0.468. The number of carbonyl (C=O) groups excluding carboxylic acids is 2. The van der Waals surface area contributed by atoms with Crippen LogP contribution in [-0.4, -0.2) is 29.0 Å². The minimum absolute atomic E-state index is 0.108. The largest absolute Gasteiger partial charge is 0.354 e. The van der Waals surface area contributed by atoms with Crippen LogP contribution >= 0.6 is 0 Å². The molecule has 2 heterocycles. The van der Waals surface area contributed by atoms with Crippen LogP contribution in [-0.2, 0) is 11.3 Å². The fourth-order valence-corrected chi connectivity index (χ4v) is 2.01. The van der Waals surface area contributed by atoms with Crippen LogP contribution < -0.4 is 10.6 Å². The summed E-state index contributed by atoms with van der Waals surface area (Å²) in [7, 11) is 0. The summed E-state index contributed by atoms with van der Waals surface area (Å²) in [6.45, 7) is 5.38. The Hall–Kier alpha value is -1.78. The maximum Gasteiger partial charge on any atom is 0.268 e. The Morgan fingerprint density at radius 2 is 2.39 bits per heavy atom. The SMILES string of the molecule is CC(C)CCNC(=O)C1Cn2cccc2C(=O)N1. The molecular weight excluding hydrogens is 230 g/mol. The normalized spacial score (nSPS) is 18.4. The predicted octanol–water partition coefficient (Wildman–Crippen LogP) is 0.762. The Morgan fingerprint density at radius 3 is 3.11 bits per heavy atom. The highest BCUT2D eigenvalue weighted by Crippen LogP contribution is 2.09. The van der Waals surface area contributed by atoms with Gasteiger partial charge in [-0.3, -0.25) is 9.59 Å². The summed E-state index contributed by atoms with van der Waals surface area (Å²) < 4.78 is 1.81. The molecule has 0 aromatic carbocycles. The third-order valence-electron chi connectivity index (χ3n) is 3.08. The molecule has 0 aliphatic carbocycles. The Bertz CT molecular complexity index is 451. The van der Waals surface area contributed by atoms with Crippen molar-refractivity contribution in [1.29, 1.82) is 0 Å². The molecule has 0 saturated heterocycles. The summed E-state index contributed by atoms with van der Waals surface area (Å²) in [5.74, 6) is 0.265. The fraction of sp³-hybridized carbons (Fsp3) is 0.538. The average Bonchev–Trinajstić information content (AvgIpc) is 2.76. The van der Waals surface area contributed by atoms with E-state index in [4.69, 9.17) is 0 Å². The number of rotatable bonds is 4. The number of nitrogens with zero attached hydrogens (tertiary/aromatic N) is 1. The van der Waals surface area contributed by atoms with Gasteiger partial charge in [0.05, 0.1) is 6.54 Å². The zero-order chi connectivity index (χ0) is 13.1. The standard InChI is InChI=1S/C13H19N3O2/c1-9(2)5-6-14-12(17)10-8-16-7-3-4-11(16)13(18)15-10/h3-4,7,9-10H,5-6,8H2,1-2H3,(H,14,17)(H,15,18). The summed E-state index contributed by atoms with van der Waals surface area (Å²) >= 11 is 0. The molecule has 2 rings (SSSR count). The quantitative estimate of drug-likeness (QED) is 0.827. The topological polar surface area (TPSA) is 63.1 Å². The molecule has 2 N–H and O–H groups in total. The van der Waals surface area contributed by atoms with Crippen molar-refractivity contribution in [3.63, 3.8) is 0 Å². The van der Waals surface area contributed by atoms with E-state index in [2.05, 4.69) is 24.5 Å². The number of hydrogen-bond donors (Lipinski definition) is 2. The summed E-state index contributed by atoms with van der Waals surface area (Å²) in [4.78, 5) is 23.6. The lowest BCUT2D eigenvalue weighted by Gasteiger charge is -2.25. The lowest BCUT2D eigenvalue weighted by atomic mass is 10.1. The van der Waals surface area contributed by atoms with Crippen LogP contribution in [0, 0.1) is 5.92 Å². The summed E-state index contributed by atoms with van der Waals surface area (Å²) in [5, 5.41) is 5.59. The highest BCUT2D eigenvalue weighted by atomic mass is 16.2. The van der Waals surface area contributed by atoms with Gasteiger partial charge in [-0.05, 0) is 24.5 Å². The molecule has 1 aliphatic rings. The Morgan fingerprint density at radius 1 is 1.61 bits per heavy atom. The van der Waals surface area contributed by atoms with Gasteiger partial charge in [0.25, 0.3) is 5.91 Å². The third kappa shape index (κ3) is 2.72. The number of aromatic nitrogens is 1. The second kappa shape index (κ2) is 5.25. The molecule has 1 atom stereocenters. The lowest BCUT2D eigenvalue weighted by Crippen LogP contribution is -2.52. The molecule has 0 saturated carbocycles. The van der Waals surface area contributed by atoms with Gasteiger partial charge in [0.15, 0.2) is 0 Å². The first-order valence-corrected chi connectivity index (χ1v) is 6.31. The lowest BCUT2D eigenvalue weighted by molar-refractivity contribution is -0.123. The van der Waals surface area contributed by atoms with E-state index in [9.17, 15) is 9.59 Å². The van der Waals surface area contributed by atoms with Crippen molar-refractivity contribution in [3.8, 4) is 0 Å². The van der Waals surface area contributed by atoms with Crippen molar-refractivity contribution in [2.24, 2.45) is 5.92 Å². The van der Waals surface area contributed by atoms with Gasteiger partial charge < -0.3 is 15.2 Å². The maximum absolute atomic E-state index is 11.9. The first kappa shape index (κ1) is 12.7. The number of amides is 2. The summed E-state index contributed by atoms with van der Waals surface area (Å²) in [5.41, 5.74) is 0.612. The van der Waals surface area contributed by atoms with Crippen molar-refractivity contribution in [1.82, 2.24) is 15.2 Å². The van der Waals surface area contributed by atoms with Crippen molar-refractivity contribution in [3.05, 3.63) is 24.0 Å². The smallest absolute Gasteiger partial charge is 0.268 e. The number of nitrogens with one attached hydrogen (secondary N) is 2. The van der Waals surface area contributed by atoms with Crippen molar-refractivity contribution in [2.75, 3.05) is 6.54 Å². The molecule has 1 unspecified atom stereocenters. The summed E-state index contributed by atoms with van der Waals surface area (Å²) in [6, 6.07) is 3.10. The second-order valence-corrected chi connectivity index (χ2v) is 5.05. The van der Waals surface area contributed by atoms with E-state index < -0.39 is 6.04 Å². The molecule has 0 radical (unpaired) electrons. The van der Waals surface area contributed by atoms with Crippen molar-refractivity contribution < 1.29 is 9.59 Å². The van der Waals surface area contributed by atoms with Crippen molar-refractivity contribution in [2.45, 2.75) is 32.9 Å².